The summed E-state index contributed by atoms with van der Waals surface area (Å²) in [5.41, 5.74) is 0. The average Bonchev–Trinajstić information content (AvgIpc) is 2.70. The number of nitrogens with one attached hydrogen (secondary N) is 1. The Hall–Kier alpha value is -0.680. The molecule has 0 radical (unpaired) electrons. The molecule has 0 aromatic carbocycles. The molecule has 4 nitrogen and oxygen atoms in total. The molecule has 1 aromatic heterocycles. The van der Waals surface area contributed by atoms with Crippen molar-refractivity contribution in [3.8, 4) is 0 Å². The van der Waals surface area contributed by atoms with E-state index in [4.69, 9.17) is 5.11 Å². The van der Waals surface area contributed by atoms with E-state index in [1.807, 2.05) is 0 Å². The topological polar surface area (TPSA) is 66.0 Å². The van der Waals surface area contributed by atoms with Gasteiger partial charge in [0.15, 0.2) is 5.16 Å². The molecule has 5 heteroatoms. The lowest BCUT2D eigenvalue weighted by Crippen LogP contribution is -2.00. The molecule has 0 amide bonds. The molecule has 0 spiro atoms. The summed E-state index contributed by atoms with van der Waals surface area (Å²) in [6.45, 7) is 0.251. The number of unbranched alkanes of at least 4 members (excludes halogenated alkanes) is 3. The summed E-state index contributed by atoms with van der Waals surface area (Å²) in [6, 6.07) is 0. The van der Waals surface area contributed by atoms with E-state index in [1.54, 1.807) is 12.4 Å². The molecule has 14 heavy (non-hydrogen) atoms. The minimum atomic E-state index is -0.987. The Bertz CT molecular complexity index is 262. The van der Waals surface area contributed by atoms with Crippen LogP contribution in [0.5, 0.6) is 0 Å². The molecule has 2 N–H and O–H groups in total. The third kappa shape index (κ3) is 4.02. The zero-order valence-electron chi connectivity index (χ0n) is 8.11. The number of aromatic amines is 1. The molecule has 0 aliphatic carbocycles. The molecule has 1 rings (SSSR count). The highest BCUT2D eigenvalue weighted by atomic mass is 32.2. The van der Waals surface area contributed by atoms with Crippen LogP contribution in [-0.2, 0) is 10.8 Å². The second-order valence-corrected chi connectivity index (χ2v) is 4.57. The second kappa shape index (κ2) is 6.73. The SMILES string of the molecule is O=S(CCCCCCO)c1ncc[nH]1. The van der Waals surface area contributed by atoms with Crippen molar-refractivity contribution in [3.63, 3.8) is 0 Å². The molecule has 1 unspecified atom stereocenters. The lowest BCUT2D eigenvalue weighted by molar-refractivity contribution is 0.283. The zero-order valence-corrected chi connectivity index (χ0v) is 8.92. The van der Waals surface area contributed by atoms with Gasteiger partial charge in [0.05, 0.1) is 10.8 Å². The maximum absolute atomic E-state index is 11.5. The first kappa shape index (κ1) is 11.4. The van der Waals surface area contributed by atoms with Crippen molar-refractivity contribution in [2.75, 3.05) is 12.4 Å². The van der Waals surface area contributed by atoms with E-state index in [0.717, 1.165) is 25.7 Å². The van der Waals surface area contributed by atoms with Gasteiger partial charge in [-0.15, -0.1) is 0 Å². The van der Waals surface area contributed by atoms with Crippen LogP contribution in [0.1, 0.15) is 25.7 Å². The van der Waals surface area contributed by atoms with Crippen molar-refractivity contribution in [2.45, 2.75) is 30.8 Å². The number of nitrogens with zero attached hydrogens (tertiary/aromatic N) is 1. The van der Waals surface area contributed by atoms with Gasteiger partial charge in [0.2, 0.25) is 0 Å². The molecule has 1 atom stereocenters. The van der Waals surface area contributed by atoms with Crippen LogP contribution in [-0.4, -0.2) is 31.6 Å². The first-order valence-electron chi connectivity index (χ1n) is 4.83. The number of aliphatic hydroxyl groups excluding tert-OH is 1. The normalized spacial score (nSPS) is 12.9. The summed E-state index contributed by atoms with van der Waals surface area (Å²) in [5, 5.41) is 9.11. The predicted octanol–water partition coefficient (Wildman–Crippen LogP) is 1.07. The maximum Gasteiger partial charge on any atom is 0.196 e. The van der Waals surface area contributed by atoms with Crippen molar-refractivity contribution >= 4 is 10.8 Å². The number of imidazole rings is 1. The predicted molar refractivity (Wildman–Crippen MR) is 55.4 cm³/mol. The van der Waals surface area contributed by atoms with Gasteiger partial charge in [-0.3, -0.25) is 4.21 Å². The number of hydrogen-bond donors (Lipinski definition) is 2. The van der Waals surface area contributed by atoms with E-state index in [9.17, 15) is 4.21 Å². The van der Waals surface area contributed by atoms with Gasteiger partial charge < -0.3 is 10.1 Å². The largest absolute Gasteiger partial charge is 0.396 e. The molecular formula is C9H16N2O2S. The molecule has 0 fully saturated rings. The molecule has 80 valence electrons. The molecule has 0 aliphatic heterocycles. The quantitative estimate of drug-likeness (QED) is 0.670. The summed E-state index contributed by atoms with van der Waals surface area (Å²) >= 11 is 0. The summed E-state index contributed by atoms with van der Waals surface area (Å²) in [4.78, 5) is 6.77. The van der Waals surface area contributed by atoms with Gasteiger partial charge in [-0.1, -0.05) is 12.8 Å². The van der Waals surface area contributed by atoms with Crippen LogP contribution in [0.3, 0.4) is 0 Å². The zero-order chi connectivity index (χ0) is 10.2. The highest BCUT2D eigenvalue weighted by Crippen LogP contribution is 2.04. The smallest absolute Gasteiger partial charge is 0.196 e. The Labute approximate surface area is 86.2 Å². The van der Waals surface area contributed by atoms with Gasteiger partial charge in [0, 0.05) is 24.8 Å². The molecule has 0 saturated carbocycles. The summed E-state index contributed by atoms with van der Waals surface area (Å²) in [5.74, 6) is 0.652. The first-order chi connectivity index (χ1) is 6.84. The van der Waals surface area contributed by atoms with E-state index in [2.05, 4.69) is 9.97 Å². The fraction of sp³-hybridized carbons (Fsp3) is 0.667. The van der Waals surface area contributed by atoms with Gasteiger partial charge in [-0.2, -0.15) is 0 Å². The summed E-state index contributed by atoms with van der Waals surface area (Å²) < 4.78 is 11.5. The van der Waals surface area contributed by atoms with Gasteiger partial charge in [0.25, 0.3) is 0 Å². The van der Waals surface area contributed by atoms with Gasteiger partial charge in [-0.25, -0.2) is 4.98 Å². The van der Waals surface area contributed by atoms with Crippen LogP contribution in [0.4, 0.5) is 0 Å². The van der Waals surface area contributed by atoms with Crippen molar-refractivity contribution in [2.24, 2.45) is 0 Å². The van der Waals surface area contributed by atoms with Crippen LogP contribution >= 0.6 is 0 Å². The van der Waals surface area contributed by atoms with Gasteiger partial charge >= 0.3 is 0 Å². The van der Waals surface area contributed by atoms with E-state index in [0.29, 0.717) is 10.9 Å². The molecule has 0 bridgehead atoms. The van der Waals surface area contributed by atoms with E-state index in [1.165, 1.54) is 0 Å². The fourth-order valence-corrected chi connectivity index (χ4v) is 2.21. The van der Waals surface area contributed by atoms with Crippen molar-refractivity contribution in [1.82, 2.24) is 9.97 Å². The lowest BCUT2D eigenvalue weighted by atomic mass is 10.2. The Morgan fingerprint density at radius 3 is 2.79 bits per heavy atom. The number of H-pyrrole nitrogens is 1. The number of aliphatic hydroxyl groups is 1. The number of aromatic nitrogens is 2. The summed E-state index contributed by atoms with van der Waals surface area (Å²) in [6.07, 6.45) is 7.08. The van der Waals surface area contributed by atoms with Crippen LogP contribution < -0.4 is 0 Å². The maximum atomic E-state index is 11.5. The Morgan fingerprint density at radius 1 is 1.36 bits per heavy atom. The van der Waals surface area contributed by atoms with Gasteiger partial charge in [0.1, 0.15) is 0 Å². The highest BCUT2D eigenvalue weighted by Gasteiger charge is 2.04. The molecule has 1 heterocycles. The minimum absolute atomic E-state index is 0.251. The Morgan fingerprint density at radius 2 is 2.14 bits per heavy atom. The van der Waals surface area contributed by atoms with Crippen molar-refractivity contribution in [1.29, 1.82) is 0 Å². The third-order valence-corrected chi connectivity index (χ3v) is 3.24. The average molecular weight is 216 g/mol. The molecular weight excluding hydrogens is 200 g/mol. The second-order valence-electron chi connectivity index (χ2n) is 3.08. The van der Waals surface area contributed by atoms with E-state index < -0.39 is 10.8 Å². The highest BCUT2D eigenvalue weighted by molar-refractivity contribution is 7.84. The molecule has 1 aromatic rings. The van der Waals surface area contributed by atoms with Crippen LogP contribution in [0.25, 0.3) is 0 Å². The van der Waals surface area contributed by atoms with E-state index >= 15 is 0 Å². The number of rotatable bonds is 7. The van der Waals surface area contributed by atoms with Crippen molar-refractivity contribution < 1.29 is 9.32 Å². The van der Waals surface area contributed by atoms with Crippen molar-refractivity contribution in [3.05, 3.63) is 12.4 Å². The first-order valence-corrected chi connectivity index (χ1v) is 6.15. The number of hydrogen-bond acceptors (Lipinski definition) is 3. The molecule has 0 aliphatic rings. The fourth-order valence-electron chi connectivity index (χ4n) is 1.17. The monoisotopic (exact) mass is 216 g/mol. The van der Waals surface area contributed by atoms with Crippen LogP contribution in [0.15, 0.2) is 17.6 Å². The Balaban J connectivity index is 2.10. The van der Waals surface area contributed by atoms with Crippen LogP contribution in [0.2, 0.25) is 0 Å². The van der Waals surface area contributed by atoms with E-state index in [-0.39, 0.29) is 6.61 Å². The standard InChI is InChI=1S/C9H16N2O2S/c12-7-3-1-2-4-8-14(13)9-10-5-6-11-9/h5-6,12H,1-4,7-8H2,(H,10,11). The lowest BCUT2D eigenvalue weighted by Gasteiger charge is -1.98. The van der Waals surface area contributed by atoms with Crippen LogP contribution in [0, 0.1) is 0 Å². The third-order valence-electron chi connectivity index (χ3n) is 1.93. The Kier molecular flexibility index (Phi) is 5.47. The minimum Gasteiger partial charge on any atom is -0.396 e. The van der Waals surface area contributed by atoms with Gasteiger partial charge in [-0.05, 0) is 12.8 Å². The summed E-state index contributed by atoms with van der Waals surface area (Å²) in [7, 11) is -0.987. The molecule has 0 saturated heterocycles.